The number of hydrazine groups is 1. The van der Waals surface area contributed by atoms with Gasteiger partial charge in [-0.15, -0.1) is 0 Å². The van der Waals surface area contributed by atoms with E-state index in [0.29, 0.717) is 0 Å². The van der Waals surface area contributed by atoms with Gasteiger partial charge in [0, 0.05) is 23.0 Å². The summed E-state index contributed by atoms with van der Waals surface area (Å²) in [5, 5.41) is 2.03. The van der Waals surface area contributed by atoms with Crippen molar-refractivity contribution >= 4 is 29.1 Å². The highest BCUT2D eigenvalue weighted by Crippen LogP contribution is 2.36. The van der Waals surface area contributed by atoms with Gasteiger partial charge in [-0.05, 0) is 37.3 Å². The molecule has 0 spiro atoms. The standard InChI is InChI=1S/C17H14ClF3N4O2/c1-10(24-25-16(27)14-4-2-3-7-22-14)8-15(26)23-13-6-5-11(18)9-12(13)17(19,20)21/h2-9,24H,1H3,(H,23,26)(H,25,27)/b10-8+. The Hall–Kier alpha value is -3.07. The first kappa shape index (κ1) is 20.2. The van der Waals surface area contributed by atoms with Crippen LogP contribution in [0, 0.1) is 0 Å². The zero-order chi connectivity index (χ0) is 20.0. The van der Waals surface area contributed by atoms with E-state index in [-0.39, 0.29) is 16.4 Å². The number of aromatic nitrogens is 1. The van der Waals surface area contributed by atoms with Crippen LogP contribution in [0.1, 0.15) is 23.0 Å². The van der Waals surface area contributed by atoms with Gasteiger partial charge < -0.3 is 10.7 Å². The van der Waals surface area contributed by atoms with E-state index in [0.717, 1.165) is 18.2 Å². The summed E-state index contributed by atoms with van der Waals surface area (Å²) in [4.78, 5) is 27.6. The Labute approximate surface area is 157 Å². The summed E-state index contributed by atoms with van der Waals surface area (Å²) in [6.45, 7) is 1.45. The van der Waals surface area contributed by atoms with E-state index in [2.05, 4.69) is 21.2 Å². The lowest BCUT2D eigenvalue weighted by molar-refractivity contribution is -0.136. The molecule has 0 fully saturated rings. The molecule has 0 aliphatic carbocycles. The predicted octanol–water partition coefficient (Wildman–Crippen LogP) is 3.53. The van der Waals surface area contributed by atoms with Crippen LogP contribution >= 0.6 is 11.6 Å². The molecule has 1 aromatic heterocycles. The van der Waals surface area contributed by atoms with Gasteiger partial charge >= 0.3 is 6.18 Å². The van der Waals surface area contributed by atoms with Crippen molar-refractivity contribution in [3.8, 4) is 0 Å². The number of allylic oxidation sites excluding steroid dienone is 1. The van der Waals surface area contributed by atoms with Gasteiger partial charge in [-0.1, -0.05) is 17.7 Å². The number of anilines is 1. The molecule has 2 rings (SSSR count). The van der Waals surface area contributed by atoms with E-state index in [1.807, 2.05) is 0 Å². The highest BCUT2D eigenvalue weighted by molar-refractivity contribution is 6.30. The molecule has 1 heterocycles. The molecule has 1 aromatic carbocycles. The van der Waals surface area contributed by atoms with Gasteiger partial charge in [0.15, 0.2) is 0 Å². The van der Waals surface area contributed by atoms with Gasteiger partial charge in [-0.3, -0.25) is 20.0 Å². The zero-order valence-corrected chi connectivity index (χ0v) is 14.7. The first-order chi connectivity index (χ1) is 12.7. The van der Waals surface area contributed by atoms with Crippen molar-refractivity contribution in [1.29, 1.82) is 0 Å². The molecule has 0 radical (unpaired) electrons. The number of carbonyl (C=O) groups is 2. The average Bonchev–Trinajstić information content (AvgIpc) is 2.61. The number of hydrogen-bond acceptors (Lipinski definition) is 4. The molecular formula is C17H14ClF3N4O2. The molecule has 0 aliphatic rings. The Morgan fingerprint density at radius 2 is 1.89 bits per heavy atom. The van der Waals surface area contributed by atoms with Gasteiger partial charge in [-0.25, -0.2) is 0 Å². The van der Waals surface area contributed by atoms with Crippen LogP contribution in [0.15, 0.2) is 54.4 Å². The number of nitrogens with one attached hydrogen (secondary N) is 3. The lowest BCUT2D eigenvalue weighted by Crippen LogP contribution is -2.36. The summed E-state index contributed by atoms with van der Waals surface area (Å²) in [7, 11) is 0. The number of alkyl halides is 3. The molecule has 3 N–H and O–H groups in total. The predicted molar refractivity (Wildman–Crippen MR) is 93.7 cm³/mol. The molecule has 2 aromatic rings. The molecule has 6 nitrogen and oxygen atoms in total. The molecule has 27 heavy (non-hydrogen) atoms. The maximum absolute atomic E-state index is 13.0. The summed E-state index contributed by atoms with van der Waals surface area (Å²) in [6, 6.07) is 7.77. The SMILES string of the molecule is C/C(=C\C(=O)Nc1ccc(Cl)cc1C(F)(F)F)NNC(=O)c1ccccn1. The molecule has 0 aliphatic heterocycles. The number of amides is 2. The molecule has 0 unspecified atom stereocenters. The molecule has 0 atom stereocenters. The topological polar surface area (TPSA) is 83.1 Å². The minimum Gasteiger partial charge on any atom is -0.322 e. The van der Waals surface area contributed by atoms with Crippen LogP contribution < -0.4 is 16.2 Å². The van der Waals surface area contributed by atoms with Crippen molar-refractivity contribution < 1.29 is 22.8 Å². The van der Waals surface area contributed by atoms with Gasteiger partial charge in [0.25, 0.3) is 5.91 Å². The average molecular weight is 399 g/mol. The molecular weight excluding hydrogens is 385 g/mol. The Kier molecular flexibility index (Phi) is 6.40. The highest BCUT2D eigenvalue weighted by Gasteiger charge is 2.34. The van der Waals surface area contributed by atoms with Gasteiger partial charge in [0.2, 0.25) is 5.91 Å². The molecule has 0 saturated carbocycles. The Bertz CT molecular complexity index is 870. The van der Waals surface area contributed by atoms with E-state index in [1.165, 1.54) is 25.3 Å². The van der Waals surface area contributed by atoms with Crippen LogP contribution in [-0.2, 0) is 11.0 Å². The first-order valence-electron chi connectivity index (χ1n) is 7.50. The normalized spacial score (nSPS) is 11.7. The van der Waals surface area contributed by atoms with Gasteiger partial charge in [-0.2, -0.15) is 13.2 Å². The largest absolute Gasteiger partial charge is 0.418 e. The Morgan fingerprint density at radius 1 is 1.15 bits per heavy atom. The van der Waals surface area contributed by atoms with Crippen LogP contribution in [-0.4, -0.2) is 16.8 Å². The summed E-state index contributed by atoms with van der Waals surface area (Å²) < 4.78 is 39.1. The third-order valence-electron chi connectivity index (χ3n) is 3.16. The highest BCUT2D eigenvalue weighted by atomic mass is 35.5. The second-order valence-corrected chi connectivity index (χ2v) is 5.73. The number of hydrogen-bond donors (Lipinski definition) is 3. The van der Waals surface area contributed by atoms with Crippen LogP contribution in [0.25, 0.3) is 0 Å². The second kappa shape index (κ2) is 8.54. The van der Waals surface area contributed by atoms with E-state index in [4.69, 9.17) is 11.6 Å². The fourth-order valence-corrected chi connectivity index (χ4v) is 2.15. The number of halogens is 4. The van der Waals surface area contributed by atoms with E-state index in [9.17, 15) is 22.8 Å². The van der Waals surface area contributed by atoms with Crippen molar-refractivity contribution in [3.05, 3.63) is 70.6 Å². The third kappa shape index (κ3) is 6.00. The molecule has 10 heteroatoms. The molecule has 0 bridgehead atoms. The summed E-state index contributed by atoms with van der Waals surface area (Å²) in [5.74, 6) is -1.36. The number of rotatable bonds is 5. The third-order valence-corrected chi connectivity index (χ3v) is 3.40. The Morgan fingerprint density at radius 3 is 2.52 bits per heavy atom. The molecule has 142 valence electrons. The van der Waals surface area contributed by atoms with Crippen molar-refractivity contribution in [2.75, 3.05) is 5.32 Å². The summed E-state index contributed by atoms with van der Waals surface area (Å²) in [5.41, 5.74) is 3.63. The van der Waals surface area contributed by atoms with Crippen molar-refractivity contribution in [2.45, 2.75) is 13.1 Å². The maximum Gasteiger partial charge on any atom is 0.418 e. The molecule has 0 saturated heterocycles. The monoisotopic (exact) mass is 398 g/mol. The number of carbonyl (C=O) groups excluding carboxylic acids is 2. The van der Waals surface area contributed by atoms with Gasteiger partial charge in [0.1, 0.15) is 5.69 Å². The second-order valence-electron chi connectivity index (χ2n) is 5.30. The van der Waals surface area contributed by atoms with Crippen molar-refractivity contribution in [2.24, 2.45) is 0 Å². The fraction of sp³-hybridized carbons (Fsp3) is 0.118. The zero-order valence-electron chi connectivity index (χ0n) is 13.9. The lowest BCUT2D eigenvalue weighted by Gasteiger charge is -2.14. The minimum atomic E-state index is -4.68. The number of pyridine rings is 1. The molecule has 2 amide bonds. The first-order valence-corrected chi connectivity index (χ1v) is 7.88. The lowest BCUT2D eigenvalue weighted by atomic mass is 10.1. The number of nitrogens with zero attached hydrogens (tertiary/aromatic N) is 1. The maximum atomic E-state index is 13.0. The van der Waals surface area contributed by atoms with E-state index >= 15 is 0 Å². The minimum absolute atomic E-state index is 0.106. The number of benzene rings is 1. The Balaban J connectivity index is 2.01. The quantitative estimate of drug-likeness (QED) is 0.531. The fourth-order valence-electron chi connectivity index (χ4n) is 1.98. The van der Waals surface area contributed by atoms with Gasteiger partial charge in [0.05, 0.1) is 11.3 Å². The van der Waals surface area contributed by atoms with E-state index in [1.54, 1.807) is 12.1 Å². The summed E-state index contributed by atoms with van der Waals surface area (Å²) in [6.07, 6.45) is -2.25. The van der Waals surface area contributed by atoms with Crippen molar-refractivity contribution in [3.63, 3.8) is 0 Å². The smallest absolute Gasteiger partial charge is 0.322 e. The van der Waals surface area contributed by atoms with Crippen LogP contribution in [0.4, 0.5) is 18.9 Å². The van der Waals surface area contributed by atoms with E-state index < -0.39 is 29.2 Å². The summed E-state index contributed by atoms with van der Waals surface area (Å²) >= 11 is 5.59. The van der Waals surface area contributed by atoms with Crippen LogP contribution in [0.5, 0.6) is 0 Å². The van der Waals surface area contributed by atoms with Crippen LogP contribution in [0.2, 0.25) is 5.02 Å². The van der Waals surface area contributed by atoms with Crippen molar-refractivity contribution in [1.82, 2.24) is 15.8 Å². The van der Waals surface area contributed by atoms with Crippen LogP contribution in [0.3, 0.4) is 0 Å².